The zero-order valence-electron chi connectivity index (χ0n) is 11.5. The highest BCUT2D eigenvalue weighted by atomic mass is 32.2. The highest BCUT2D eigenvalue weighted by Crippen LogP contribution is 2.22. The van der Waals surface area contributed by atoms with Crippen LogP contribution < -0.4 is 15.8 Å². The summed E-state index contributed by atoms with van der Waals surface area (Å²) in [7, 11) is -3.46. The smallest absolute Gasteiger partial charge is 0.243 e. The molecular weight excluding hydrogens is 278 g/mol. The Hall–Kier alpha value is -1.44. The molecule has 110 valence electrons. The predicted octanol–water partition coefficient (Wildman–Crippen LogP) is 0.803. The van der Waals surface area contributed by atoms with Crippen LogP contribution >= 0.6 is 0 Å². The summed E-state index contributed by atoms with van der Waals surface area (Å²) in [5.41, 5.74) is 5.19. The summed E-state index contributed by atoms with van der Waals surface area (Å²) in [5.74, 6) is -0.329. The van der Waals surface area contributed by atoms with Crippen molar-refractivity contribution in [3.63, 3.8) is 0 Å². The molecule has 20 heavy (non-hydrogen) atoms. The lowest BCUT2D eigenvalue weighted by atomic mass is 10.1. The van der Waals surface area contributed by atoms with E-state index in [0.717, 1.165) is 12.8 Å². The monoisotopic (exact) mass is 297 g/mol. The number of nitrogens with one attached hydrogen (secondary N) is 2. The average Bonchev–Trinajstić information content (AvgIpc) is 3.11. The molecule has 0 bridgehead atoms. The number of nitrogens with two attached hydrogens (primary N) is 1. The normalized spacial score (nSPS) is 15.9. The Balaban J connectivity index is 2.08. The van der Waals surface area contributed by atoms with Gasteiger partial charge >= 0.3 is 0 Å². The Morgan fingerprint density at radius 1 is 1.25 bits per heavy atom. The second-order valence-electron chi connectivity index (χ2n) is 5.60. The number of benzene rings is 1. The van der Waals surface area contributed by atoms with Crippen molar-refractivity contribution in [1.82, 2.24) is 4.72 Å². The summed E-state index contributed by atoms with van der Waals surface area (Å²) in [4.78, 5) is 11.9. The highest BCUT2D eigenvalue weighted by Gasteiger charge is 2.28. The van der Waals surface area contributed by atoms with E-state index < -0.39 is 15.6 Å². The third kappa shape index (κ3) is 3.78. The van der Waals surface area contributed by atoms with Gasteiger partial charge in [-0.25, -0.2) is 13.1 Å². The van der Waals surface area contributed by atoms with Crippen molar-refractivity contribution >= 4 is 21.6 Å². The van der Waals surface area contributed by atoms with Gasteiger partial charge < -0.3 is 11.1 Å². The Labute approximate surface area is 118 Å². The first kappa shape index (κ1) is 15.0. The molecule has 1 amide bonds. The van der Waals surface area contributed by atoms with E-state index in [9.17, 15) is 13.2 Å². The maximum absolute atomic E-state index is 12.0. The van der Waals surface area contributed by atoms with E-state index in [1.165, 1.54) is 12.1 Å². The molecule has 0 heterocycles. The fraction of sp³-hybridized carbons (Fsp3) is 0.462. The van der Waals surface area contributed by atoms with E-state index in [4.69, 9.17) is 5.73 Å². The average molecular weight is 297 g/mol. The molecule has 1 aliphatic rings. The zero-order chi connectivity index (χ0) is 15.0. The van der Waals surface area contributed by atoms with Crippen molar-refractivity contribution in [3.8, 4) is 0 Å². The van der Waals surface area contributed by atoms with E-state index >= 15 is 0 Å². The zero-order valence-corrected chi connectivity index (χ0v) is 12.3. The van der Waals surface area contributed by atoms with Crippen molar-refractivity contribution in [1.29, 1.82) is 0 Å². The first-order valence-electron chi connectivity index (χ1n) is 6.41. The fourth-order valence-electron chi connectivity index (χ4n) is 1.50. The molecule has 0 aromatic heterocycles. The summed E-state index contributed by atoms with van der Waals surface area (Å²) in [6.45, 7) is 3.20. The Morgan fingerprint density at radius 3 is 2.25 bits per heavy atom. The molecule has 0 atom stereocenters. The molecule has 2 rings (SSSR count). The molecule has 0 saturated heterocycles. The number of sulfonamides is 1. The molecule has 0 unspecified atom stereocenters. The van der Waals surface area contributed by atoms with Gasteiger partial charge in [0.05, 0.1) is 10.4 Å². The van der Waals surface area contributed by atoms with Crippen LogP contribution in [0, 0.1) is 0 Å². The predicted molar refractivity (Wildman–Crippen MR) is 76.7 cm³/mol. The standard InChI is InChI=1S/C13H19N3O3S/c1-13(2,14)12(17)15-9-5-7-11(8-6-9)20(18,19)16-10-3-4-10/h5-8,10,16H,3-4,14H2,1-2H3,(H,15,17). The minimum absolute atomic E-state index is 0.0671. The second kappa shape index (κ2) is 5.16. The maximum atomic E-state index is 12.0. The number of rotatable bonds is 5. The van der Waals surface area contributed by atoms with Crippen LogP contribution in [0.25, 0.3) is 0 Å². The molecular formula is C13H19N3O3S. The van der Waals surface area contributed by atoms with Crippen LogP contribution in [0.2, 0.25) is 0 Å². The van der Waals surface area contributed by atoms with Gasteiger partial charge in [0.25, 0.3) is 0 Å². The molecule has 7 heteroatoms. The van der Waals surface area contributed by atoms with E-state index in [0.29, 0.717) is 5.69 Å². The summed E-state index contributed by atoms with van der Waals surface area (Å²) in [6, 6.07) is 6.08. The number of hydrogen-bond acceptors (Lipinski definition) is 4. The number of anilines is 1. The first-order chi connectivity index (χ1) is 9.18. The molecule has 1 aliphatic carbocycles. The van der Waals surface area contributed by atoms with E-state index in [-0.39, 0.29) is 16.8 Å². The van der Waals surface area contributed by atoms with E-state index in [1.807, 2.05) is 0 Å². The Kier molecular flexibility index (Phi) is 3.86. The molecule has 1 fully saturated rings. The molecule has 0 spiro atoms. The molecule has 0 aliphatic heterocycles. The van der Waals surface area contributed by atoms with E-state index in [2.05, 4.69) is 10.0 Å². The third-order valence-electron chi connectivity index (χ3n) is 2.91. The first-order valence-corrected chi connectivity index (χ1v) is 7.89. The maximum Gasteiger partial charge on any atom is 0.243 e. The van der Waals surface area contributed by atoms with Gasteiger partial charge in [-0.15, -0.1) is 0 Å². The number of carbonyl (C=O) groups excluding carboxylic acids is 1. The summed E-state index contributed by atoms with van der Waals surface area (Å²) >= 11 is 0. The highest BCUT2D eigenvalue weighted by molar-refractivity contribution is 7.89. The Morgan fingerprint density at radius 2 is 1.80 bits per heavy atom. The summed E-state index contributed by atoms with van der Waals surface area (Å²) in [5, 5.41) is 2.63. The van der Waals surface area contributed by atoms with Crippen molar-refractivity contribution in [2.24, 2.45) is 5.73 Å². The lowest BCUT2D eigenvalue weighted by Crippen LogP contribution is -2.45. The fourth-order valence-corrected chi connectivity index (χ4v) is 2.80. The summed E-state index contributed by atoms with van der Waals surface area (Å²) < 4.78 is 26.5. The summed E-state index contributed by atoms with van der Waals surface area (Å²) in [6.07, 6.45) is 1.78. The molecule has 0 radical (unpaired) electrons. The van der Waals surface area contributed by atoms with Crippen LogP contribution in [-0.2, 0) is 14.8 Å². The van der Waals surface area contributed by atoms with Crippen LogP contribution in [0.15, 0.2) is 29.2 Å². The van der Waals surface area contributed by atoms with Crippen LogP contribution in [0.5, 0.6) is 0 Å². The molecule has 1 aromatic carbocycles. The minimum atomic E-state index is -3.46. The SMILES string of the molecule is CC(C)(N)C(=O)Nc1ccc(S(=O)(=O)NC2CC2)cc1. The van der Waals surface area contributed by atoms with Gasteiger partial charge in [-0.05, 0) is 51.0 Å². The largest absolute Gasteiger partial charge is 0.325 e. The molecule has 1 aromatic rings. The van der Waals surface area contributed by atoms with Gasteiger partial charge in [0, 0.05) is 11.7 Å². The quantitative estimate of drug-likeness (QED) is 0.748. The lowest BCUT2D eigenvalue weighted by molar-refractivity contribution is -0.120. The van der Waals surface area contributed by atoms with Gasteiger partial charge in [0.15, 0.2) is 0 Å². The molecule has 6 nitrogen and oxygen atoms in total. The number of carbonyl (C=O) groups is 1. The Bertz CT molecular complexity index is 599. The third-order valence-corrected chi connectivity index (χ3v) is 4.44. The van der Waals surface area contributed by atoms with Gasteiger partial charge in [0.2, 0.25) is 15.9 Å². The minimum Gasteiger partial charge on any atom is -0.325 e. The van der Waals surface area contributed by atoms with Crippen LogP contribution in [0.1, 0.15) is 26.7 Å². The van der Waals surface area contributed by atoms with Gasteiger partial charge in [-0.2, -0.15) is 0 Å². The van der Waals surface area contributed by atoms with Crippen molar-refractivity contribution in [2.75, 3.05) is 5.32 Å². The lowest BCUT2D eigenvalue weighted by Gasteiger charge is -2.17. The number of hydrogen-bond donors (Lipinski definition) is 3. The van der Waals surface area contributed by atoms with Gasteiger partial charge in [-0.1, -0.05) is 0 Å². The van der Waals surface area contributed by atoms with Crippen molar-refractivity contribution in [2.45, 2.75) is 43.2 Å². The topological polar surface area (TPSA) is 101 Å². The second-order valence-corrected chi connectivity index (χ2v) is 7.31. The van der Waals surface area contributed by atoms with Crippen LogP contribution in [0.3, 0.4) is 0 Å². The van der Waals surface area contributed by atoms with E-state index in [1.54, 1.807) is 26.0 Å². The van der Waals surface area contributed by atoms with Crippen molar-refractivity contribution < 1.29 is 13.2 Å². The van der Waals surface area contributed by atoms with Crippen LogP contribution in [-0.4, -0.2) is 25.9 Å². The number of amides is 1. The molecule has 1 saturated carbocycles. The van der Waals surface area contributed by atoms with Gasteiger partial charge in [0.1, 0.15) is 0 Å². The van der Waals surface area contributed by atoms with Gasteiger partial charge in [-0.3, -0.25) is 4.79 Å². The van der Waals surface area contributed by atoms with Crippen molar-refractivity contribution in [3.05, 3.63) is 24.3 Å². The van der Waals surface area contributed by atoms with Crippen LogP contribution in [0.4, 0.5) is 5.69 Å². The molecule has 4 N–H and O–H groups in total.